The zero-order valence-electron chi connectivity index (χ0n) is 12.0. The predicted octanol–water partition coefficient (Wildman–Crippen LogP) is 3.89. The van der Waals surface area contributed by atoms with Gasteiger partial charge in [-0.1, -0.05) is 36.7 Å². The fraction of sp³-hybridized carbons (Fsp3) is 0.294. The number of nitrogens with one attached hydrogen (secondary N) is 1. The van der Waals surface area contributed by atoms with Gasteiger partial charge in [0.1, 0.15) is 13.2 Å². The van der Waals surface area contributed by atoms with E-state index in [2.05, 4.69) is 24.4 Å². The summed E-state index contributed by atoms with van der Waals surface area (Å²) in [4.78, 5) is 0. The Bertz CT molecular complexity index is 643. The number of benzene rings is 2. The van der Waals surface area contributed by atoms with Gasteiger partial charge in [0.2, 0.25) is 0 Å². The summed E-state index contributed by atoms with van der Waals surface area (Å²) in [5.41, 5.74) is 3.23. The van der Waals surface area contributed by atoms with E-state index in [4.69, 9.17) is 21.1 Å². The average molecular weight is 304 g/mol. The molecule has 2 aromatic rings. The van der Waals surface area contributed by atoms with Gasteiger partial charge in [0.15, 0.2) is 11.5 Å². The highest BCUT2D eigenvalue weighted by Crippen LogP contribution is 2.37. The van der Waals surface area contributed by atoms with Gasteiger partial charge in [-0.15, -0.1) is 0 Å². The summed E-state index contributed by atoms with van der Waals surface area (Å²) in [6.45, 7) is 5.06. The molecule has 2 aromatic carbocycles. The summed E-state index contributed by atoms with van der Waals surface area (Å²) >= 11 is 6.43. The van der Waals surface area contributed by atoms with Gasteiger partial charge in [-0.05, 0) is 35.9 Å². The molecule has 0 radical (unpaired) electrons. The van der Waals surface area contributed by atoms with E-state index in [9.17, 15) is 0 Å². The minimum absolute atomic E-state index is 0.589. The molecule has 1 N–H and O–H groups in total. The van der Waals surface area contributed by atoms with Gasteiger partial charge in [0.05, 0.1) is 0 Å². The molecule has 0 saturated carbocycles. The molecule has 1 aliphatic heterocycles. The quantitative estimate of drug-likeness (QED) is 0.929. The molecule has 110 valence electrons. The highest BCUT2D eigenvalue weighted by atomic mass is 35.5. The first-order valence-electron chi connectivity index (χ1n) is 7.17. The molecule has 21 heavy (non-hydrogen) atoms. The Hall–Kier alpha value is -1.71. The number of ether oxygens (including phenoxy) is 2. The van der Waals surface area contributed by atoms with Crippen molar-refractivity contribution in [1.82, 2.24) is 5.32 Å². The van der Waals surface area contributed by atoms with Gasteiger partial charge in [-0.2, -0.15) is 0 Å². The Kier molecular flexibility index (Phi) is 4.32. The third-order valence-electron chi connectivity index (χ3n) is 3.47. The monoisotopic (exact) mass is 303 g/mol. The lowest BCUT2D eigenvalue weighted by Crippen LogP contribution is -2.15. The maximum Gasteiger partial charge on any atom is 0.161 e. The molecule has 0 fully saturated rings. The molecule has 0 saturated heterocycles. The number of fused-ring (bicyclic) bond motifs is 1. The normalized spacial score (nSPS) is 13.2. The molecule has 0 bridgehead atoms. The van der Waals surface area contributed by atoms with E-state index in [-0.39, 0.29) is 0 Å². The lowest BCUT2D eigenvalue weighted by Gasteiger charge is -2.19. The molecule has 0 spiro atoms. The van der Waals surface area contributed by atoms with Crippen LogP contribution in [0.25, 0.3) is 11.1 Å². The third-order valence-corrected chi connectivity index (χ3v) is 3.78. The number of halogens is 1. The summed E-state index contributed by atoms with van der Waals surface area (Å²) < 4.78 is 11.2. The van der Waals surface area contributed by atoms with E-state index in [0.717, 1.165) is 40.7 Å². The van der Waals surface area contributed by atoms with Crippen molar-refractivity contribution in [1.29, 1.82) is 0 Å². The van der Waals surface area contributed by atoms with Crippen LogP contribution >= 0.6 is 11.6 Å². The first kappa shape index (κ1) is 14.2. The van der Waals surface area contributed by atoms with Crippen LogP contribution in [0.4, 0.5) is 0 Å². The molecule has 4 heteroatoms. The fourth-order valence-electron chi connectivity index (χ4n) is 2.38. The molecule has 1 heterocycles. The van der Waals surface area contributed by atoms with Crippen LogP contribution in [0.5, 0.6) is 11.5 Å². The SMILES string of the molecule is CCNCc1ccc(-c2ccc3c(c2)OCCO3)c(Cl)c1. The minimum atomic E-state index is 0.589. The van der Waals surface area contributed by atoms with E-state index in [0.29, 0.717) is 13.2 Å². The maximum atomic E-state index is 6.43. The Morgan fingerprint density at radius 2 is 1.86 bits per heavy atom. The molecule has 3 rings (SSSR count). The van der Waals surface area contributed by atoms with Gasteiger partial charge in [-0.25, -0.2) is 0 Å². The van der Waals surface area contributed by atoms with Gasteiger partial charge in [0.25, 0.3) is 0 Å². The molecular weight excluding hydrogens is 286 g/mol. The summed E-state index contributed by atoms with van der Waals surface area (Å²) in [7, 11) is 0. The molecule has 1 aliphatic rings. The van der Waals surface area contributed by atoms with Gasteiger partial charge in [-0.3, -0.25) is 0 Å². The topological polar surface area (TPSA) is 30.5 Å². The second-order valence-corrected chi connectivity index (χ2v) is 5.36. The molecule has 0 unspecified atom stereocenters. The largest absolute Gasteiger partial charge is 0.486 e. The van der Waals surface area contributed by atoms with E-state index >= 15 is 0 Å². The van der Waals surface area contributed by atoms with Gasteiger partial charge < -0.3 is 14.8 Å². The lowest BCUT2D eigenvalue weighted by atomic mass is 10.0. The van der Waals surface area contributed by atoms with Crippen LogP contribution in [0.1, 0.15) is 12.5 Å². The van der Waals surface area contributed by atoms with Crippen LogP contribution in [-0.4, -0.2) is 19.8 Å². The van der Waals surface area contributed by atoms with Crippen LogP contribution in [0, 0.1) is 0 Å². The third kappa shape index (κ3) is 3.14. The van der Waals surface area contributed by atoms with Gasteiger partial charge in [0, 0.05) is 17.1 Å². The van der Waals surface area contributed by atoms with E-state index in [1.54, 1.807) is 0 Å². The summed E-state index contributed by atoms with van der Waals surface area (Å²) in [6.07, 6.45) is 0. The van der Waals surface area contributed by atoms with Crippen molar-refractivity contribution in [3.8, 4) is 22.6 Å². The summed E-state index contributed by atoms with van der Waals surface area (Å²) in [6, 6.07) is 12.1. The number of hydrogen-bond donors (Lipinski definition) is 1. The minimum Gasteiger partial charge on any atom is -0.486 e. The zero-order valence-corrected chi connectivity index (χ0v) is 12.7. The Morgan fingerprint density at radius 3 is 2.62 bits per heavy atom. The van der Waals surface area contributed by atoms with Crippen molar-refractivity contribution in [2.45, 2.75) is 13.5 Å². The van der Waals surface area contributed by atoms with Crippen LogP contribution in [0.2, 0.25) is 5.02 Å². The van der Waals surface area contributed by atoms with E-state index < -0.39 is 0 Å². The molecule has 0 amide bonds. The van der Waals surface area contributed by atoms with Crippen molar-refractivity contribution in [2.24, 2.45) is 0 Å². The van der Waals surface area contributed by atoms with Crippen molar-refractivity contribution >= 4 is 11.6 Å². The highest BCUT2D eigenvalue weighted by molar-refractivity contribution is 6.33. The Balaban J connectivity index is 1.89. The predicted molar refractivity (Wildman–Crippen MR) is 85.3 cm³/mol. The van der Waals surface area contributed by atoms with E-state index in [1.807, 2.05) is 24.3 Å². The molecule has 0 aromatic heterocycles. The van der Waals surface area contributed by atoms with Crippen molar-refractivity contribution in [3.63, 3.8) is 0 Å². The lowest BCUT2D eigenvalue weighted by molar-refractivity contribution is 0.171. The maximum absolute atomic E-state index is 6.43. The second kappa shape index (κ2) is 6.37. The first-order valence-corrected chi connectivity index (χ1v) is 7.55. The second-order valence-electron chi connectivity index (χ2n) is 4.95. The smallest absolute Gasteiger partial charge is 0.161 e. The Morgan fingerprint density at radius 1 is 1.05 bits per heavy atom. The standard InChI is InChI=1S/C17H18ClNO2/c1-2-19-11-12-3-5-14(15(18)9-12)13-4-6-16-17(10-13)21-8-7-20-16/h3-6,9-10,19H,2,7-8,11H2,1H3. The van der Waals surface area contributed by atoms with Gasteiger partial charge >= 0.3 is 0 Å². The highest BCUT2D eigenvalue weighted by Gasteiger charge is 2.13. The van der Waals surface area contributed by atoms with Crippen molar-refractivity contribution < 1.29 is 9.47 Å². The molecule has 0 atom stereocenters. The van der Waals surface area contributed by atoms with Crippen molar-refractivity contribution in [2.75, 3.05) is 19.8 Å². The van der Waals surface area contributed by atoms with Crippen LogP contribution in [0.15, 0.2) is 36.4 Å². The number of hydrogen-bond acceptors (Lipinski definition) is 3. The summed E-state index contributed by atoms with van der Waals surface area (Å²) in [5, 5.41) is 4.05. The van der Waals surface area contributed by atoms with Crippen LogP contribution < -0.4 is 14.8 Å². The van der Waals surface area contributed by atoms with Crippen molar-refractivity contribution in [3.05, 3.63) is 47.0 Å². The molecule has 0 aliphatic carbocycles. The molecular formula is C17H18ClNO2. The Labute approximate surface area is 129 Å². The average Bonchev–Trinajstić information content (AvgIpc) is 2.52. The number of rotatable bonds is 4. The van der Waals surface area contributed by atoms with Crippen LogP contribution in [0.3, 0.4) is 0 Å². The fourth-order valence-corrected chi connectivity index (χ4v) is 2.70. The summed E-state index contributed by atoms with van der Waals surface area (Å²) in [5.74, 6) is 1.58. The first-order chi connectivity index (χ1) is 10.3. The molecule has 3 nitrogen and oxygen atoms in total. The van der Waals surface area contributed by atoms with E-state index in [1.165, 1.54) is 5.56 Å². The zero-order chi connectivity index (χ0) is 14.7. The van der Waals surface area contributed by atoms with Crippen LogP contribution in [-0.2, 0) is 6.54 Å².